The lowest BCUT2D eigenvalue weighted by Gasteiger charge is -2.29. The SMILES string of the molecule is CCCN(CC1CCCCO1)C(=O)Nc1ccc(C)nc1. The molecule has 1 N–H and O–H groups in total. The molecule has 1 aliphatic rings. The number of urea groups is 1. The van der Waals surface area contributed by atoms with Crippen LogP contribution in [0.5, 0.6) is 0 Å². The van der Waals surface area contributed by atoms with Crippen molar-refractivity contribution >= 4 is 11.7 Å². The quantitative estimate of drug-likeness (QED) is 0.906. The van der Waals surface area contributed by atoms with E-state index in [0.717, 1.165) is 43.8 Å². The minimum Gasteiger partial charge on any atom is -0.376 e. The van der Waals surface area contributed by atoms with Gasteiger partial charge in [0.25, 0.3) is 0 Å². The third kappa shape index (κ3) is 5.01. The number of nitrogens with zero attached hydrogens (tertiary/aromatic N) is 2. The Morgan fingerprint density at radius 1 is 1.48 bits per heavy atom. The van der Waals surface area contributed by atoms with E-state index in [1.807, 2.05) is 24.0 Å². The van der Waals surface area contributed by atoms with Crippen LogP contribution in [0, 0.1) is 6.92 Å². The molecule has 1 atom stereocenters. The lowest BCUT2D eigenvalue weighted by atomic mass is 10.1. The van der Waals surface area contributed by atoms with E-state index in [0.29, 0.717) is 6.54 Å². The molecule has 5 nitrogen and oxygen atoms in total. The van der Waals surface area contributed by atoms with Crippen LogP contribution < -0.4 is 5.32 Å². The first-order valence-electron chi connectivity index (χ1n) is 7.79. The van der Waals surface area contributed by atoms with Crippen LogP contribution in [-0.2, 0) is 4.74 Å². The van der Waals surface area contributed by atoms with Gasteiger partial charge in [0.15, 0.2) is 0 Å². The van der Waals surface area contributed by atoms with Gasteiger partial charge in [-0.1, -0.05) is 6.92 Å². The molecule has 2 amide bonds. The predicted octanol–water partition coefficient (Wildman–Crippen LogP) is 3.20. The van der Waals surface area contributed by atoms with Crippen molar-refractivity contribution in [2.24, 2.45) is 0 Å². The van der Waals surface area contributed by atoms with Crippen LogP contribution in [0.1, 0.15) is 38.3 Å². The second-order valence-corrected chi connectivity index (χ2v) is 5.55. The van der Waals surface area contributed by atoms with Gasteiger partial charge in [0, 0.05) is 25.4 Å². The van der Waals surface area contributed by atoms with Gasteiger partial charge in [0.2, 0.25) is 0 Å². The van der Waals surface area contributed by atoms with Crippen molar-refractivity contribution in [3.05, 3.63) is 24.0 Å². The number of amides is 2. The first kappa shape index (κ1) is 15.8. The molecule has 1 aliphatic heterocycles. The van der Waals surface area contributed by atoms with E-state index < -0.39 is 0 Å². The normalized spacial score (nSPS) is 18.3. The van der Waals surface area contributed by atoms with Gasteiger partial charge in [-0.05, 0) is 44.7 Å². The molecule has 2 heterocycles. The van der Waals surface area contributed by atoms with E-state index in [1.165, 1.54) is 6.42 Å². The maximum Gasteiger partial charge on any atom is 0.321 e. The summed E-state index contributed by atoms with van der Waals surface area (Å²) < 4.78 is 5.74. The Kier molecular flexibility index (Phi) is 5.99. The molecule has 0 spiro atoms. The fourth-order valence-electron chi connectivity index (χ4n) is 2.49. The number of ether oxygens (including phenoxy) is 1. The predicted molar refractivity (Wildman–Crippen MR) is 83.4 cm³/mol. The number of hydrogen-bond donors (Lipinski definition) is 1. The van der Waals surface area contributed by atoms with Gasteiger partial charge in [0.05, 0.1) is 18.0 Å². The molecule has 21 heavy (non-hydrogen) atoms. The molecule has 1 fully saturated rings. The lowest BCUT2D eigenvalue weighted by molar-refractivity contribution is 0.00162. The zero-order chi connectivity index (χ0) is 15.1. The fourth-order valence-corrected chi connectivity index (χ4v) is 2.49. The largest absolute Gasteiger partial charge is 0.376 e. The van der Waals surface area contributed by atoms with E-state index in [4.69, 9.17) is 4.74 Å². The van der Waals surface area contributed by atoms with Crippen LogP contribution in [0.4, 0.5) is 10.5 Å². The fraction of sp³-hybridized carbons (Fsp3) is 0.625. The summed E-state index contributed by atoms with van der Waals surface area (Å²) in [7, 11) is 0. The molecule has 1 aromatic rings. The molecule has 0 radical (unpaired) electrons. The lowest BCUT2D eigenvalue weighted by Crippen LogP contribution is -2.42. The third-order valence-electron chi connectivity index (χ3n) is 3.64. The van der Waals surface area contributed by atoms with Gasteiger partial charge in [-0.25, -0.2) is 4.79 Å². The Morgan fingerprint density at radius 2 is 2.33 bits per heavy atom. The molecular formula is C16H25N3O2. The van der Waals surface area contributed by atoms with Gasteiger partial charge < -0.3 is 15.0 Å². The molecule has 1 saturated heterocycles. The van der Waals surface area contributed by atoms with Crippen LogP contribution in [0.2, 0.25) is 0 Å². The first-order chi connectivity index (χ1) is 10.2. The Labute approximate surface area is 126 Å². The molecule has 0 aromatic carbocycles. The van der Waals surface area contributed by atoms with Gasteiger partial charge in [-0.15, -0.1) is 0 Å². The Balaban J connectivity index is 1.92. The van der Waals surface area contributed by atoms with Gasteiger partial charge in [0.1, 0.15) is 0 Å². The summed E-state index contributed by atoms with van der Waals surface area (Å²) in [6.07, 6.45) is 6.16. The van der Waals surface area contributed by atoms with Crippen molar-refractivity contribution in [2.75, 3.05) is 25.0 Å². The number of carbonyl (C=O) groups excluding carboxylic acids is 1. The molecule has 1 aromatic heterocycles. The summed E-state index contributed by atoms with van der Waals surface area (Å²) in [5, 5.41) is 2.91. The third-order valence-corrected chi connectivity index (χ3v) is 3.64. The van der Waals surface area contributed by atoms with E-state index in [1.54, 1.807) is 6.20 Å². The monoisotopic (exact) mass is 291 g/mol. The number of aromatic nitrogens is 1. The minimum absolute atomic E-state index is 0.0725. The highest BCUT2D eigenvalue weighted by Crippen LogP contribution is 2.15. The van der Waals surface area contributed by atoms with Crippen molar-refractivity contribution in [3.8, 4) is 0 Å². The first-order valence-corrected chi connectivity index (χ1v) is 7.79. The zero-order valence-electron chi connectivity index (χ0n) is 13.0. The molecule has 1 unspecified atom stereocenters. The summed E-state index contributed by atoms with van der Waals surface area (Å²) in [5.41, 5.74) is 1.67. The van der Waals surface area contributed by atoms with Crippen molar-refractivity contribution in [3.63, 3.8) is 0 Å². The van der Waals surface area contributed by atoms with Gasteiger partial charge in [-0.2, -0.15) is 0 Å². The Bertz CT molecular complexity index is 441. The second-order valence-electron chi connectivity index (χ2n) is 5.55. The summed E-state index contributed by atoms with van der Waals surface area (Å²) in [4.78, 5) is 18.4. The Hall–Kier alpha value is -1.62. The second kappa shape index (κ2) is 7.98. The molecule has 0 bridgehead atoms. The number of rotatable bonds is 5. The summed E-state index contributed by atoms with van der Waals surface area (Å²) in [6, 6.07) is 3.70. The minimum atomic E-state index is -0.0725. The van der Waals surface area contributed by atoms with Crippen molar-refractivity contribution < 1.29 is 9.53 Å². The highest BCUT2D eigenvalue weighted by atomic mass is 16.5. The highest BCUT2D eigenvalue weighted by Gasteiger charge is 2.21. The zero-order valence-corrected chi connectivity index (χ0v) is 13.0. The molecule has 2 rings (SSSR count). The van der Waals surface area contributed by atoms with Gasteiger partial charge >= 0.3 is 6.03 Å². The average molecular weight is 291 g/mol. The van der Waals surface area contributed by atoms with Crippen LogP contribution in [0.15, 0.2) is 18.3 Å². The van der Waals surface area contributed by atoms with E-state index in [2.05, 4.69) is 17.2 Å². The molecule has 0 aliphatic carbocycles. The molecule has 116 valence electrons. The standard InChI is InChI=1S/C16H25N3O2/c1-3-9-19(12-15-6-4-5-10-21-15)16(20)18-14-8-7-13(2)17-11-14/h7-8,11,15H,3-6,9-10,12H2,1-2H3,(H,18,20). The number of pyridine rings is 1. The van der Waals surface area contributed by atoms with Crippen LogP contribution in [0.3, 0.4) is 0 Å². The number of nitrogens with one attached hydrogen (secondary N) is 1. The van der Waals surface area contributed by atoms with Crippen molar-refractivity contribution in [1.29, 1.82) is 0 Å². The number of aryl methyl sites for hydroxylation is 1. The van der Waals surface area contributed by atoms with Crippen molar-refractivity contribution in [2.45, 2.75) is 45.6 Å². The van der Waals surface area contributed by atoms with E-state index in [9.17, 15) is 4.79 Å². The van der Waals surface area contributed by atoms with Gasteiger partial charge in [-0.3, -0.25) is 4.98 Å². The van der Waals surface area contributed by atoms with Crippen LogP contribution >= 0.6 is 0 Å². The molecule has 0 saturated carbocycles. The number of anilines is 1. The maximum atomic E-state index is 12.4. The van der Waals surface area contributed by atoms with E-state index >= 15 is 0 Å². The van der Waals surface area contributed by atoms with E-state index in [-0.39, 0.29) is 12.1 Å². The molecule has 5 heteroatoms. The highest BCUT2D eigenvalue weighted by molar-refractivity contribution is 5.89. The number of hydrogen-bond acceptors (Lipinski definition) is 3. The number of carbonyl (C=O) groups is 1. The van der Waals surface area contributed by atoms with Crippen molar-refractivity contribution in [1.82, 2.24) is 9.88 Å². The molecular weight excluding hydrogens is 266 g/mol. The summed E-state index contributed by atoms with van der Waals surface area (Å²) in [5.74, 6) is 0. The summed E-state index contributed by atoms with van der Waals surface area (Å²) in [6.45, 7) is 6.23. The average Bonchev–Trinajstić information content (AvgIpc) is 2.50. The smallest absolute Gasteiger partial charge is 0.321 e. The Morgan fingerprint density at radius 3 is 2.95 bits per heavy atom. The summed E-state index contributed by atoms with van der Waals surface area (Å²) >= 11 is 0. The topological polar surface area (TPSA) is 54.5 Å². The van der Waals surface area contributed by atoms with Crippen LogP contribution in [-0.4, -0.2) is 41.7 Å². The maximum absolute atomic E-state index is 12.4. The van der Waals surface area contributed by atoms with Crippen LogP contribution in [0.25, 0.3) is 0 Å².